The van der Waals surface area contributed by atoms with Crippen molar-refractivity contribution in [1.82, 2.24) is 15.5 Å². The van der Waals surface area contributed by atoms with E-state index in [9.17, 15) is 9.90 Å². The summed E-state index contributed by atoms with van der Waals surface area (Å²) in [5.41, 5.74) is 1.03. The van der Waals surface area contributed by atoms with E-state index >= 15 is 0 Å². The maximum absolute atomic E-state index is 12.4. The molecule has 0 aliphatic carbocycles. The van der Waals surface area contributed by atoms with Gasteiger partial charge >= 0.3 is 6.03 Å². The summed E-state index contributed by atoms with van der Waals surface area (Å²) < 4.78 is 0. The van der Waals surface area contributed by atoms with Crippen LogP contribution in [0, 0.1) is 0 Å². The van der Waals surface area contributed by atoms with E-state index in [0.717, 1.165) is 31.5 Å². The summed E-state index contributed by atoms with van der Waals surface area (Å²) in [6.07, 6.45) is 3.00. The third kappa shape index (κ3) is 3.29. The number of aromatic hydroxyl groups is 1. The quantitative estimate of drug-likeness (QED) is 0.789. The van der Waals surface area contributed by atoms with Crippen LogP contribution >= 0.6 is 0 Å². The molecule has 3 aliphatic rings. The molecule has 3 aliphatic heterocycles. The number of carbonyl (C=O) groups excluding carboxylic acids is 1. The minimum Gasteiger partial charge on any atom is -0.508 e. The van der Waals surface area contributed by atoms with Gasteiger partial charge in [0.05, 0.1) is 0 Å². The van der Waals surface area contributed by atoms with Crippen LogP contribution in [0.1, 0.15) is 25.3 Å². The molecule has 3 heterocycles. The molecule has 1 aromatic rings. The average molecular weight is 289 g/mol. The fourth-order valence-electron chi connectivity index (χ4n) is 3.34. The van der Waals surface area contributed by atoms with Crippen LogP contribution < -0.4 is 10.6 Å². The first kappa shape index (κ1) is 14.2. The van der Waals surface area contributed by atoms with Crippen LogP contribution in [0.25, 0.3) is 0 Å². The standard InChI is InChI=1S/C16H23N3O2/c1-11(7-12-3-2-4-15(20)8-12)18-16(21)19-10-13-5-6-14(19)9-17-13/h2-4,8,11,13-14,17,20H,5-7,9-10H2,1H3,(H,18,21). The van der Waals surface area contributed by atoms with Crippen molar-refractivity contribution in [3.63, 3.8) is 0 Å². The number of hydrogen-bond donors (Lipinski definition) is 3. The molecule has 3 atom stereocenters. The Labute approximate surface area is 125 Å². The summed E-state index contributed by atoms with van der Waals surface area (Å²) in [7, 11) is 0. The highest BCUT2D eigenvalue weighted by Gasteiger charge is 2.36. The van der Waals surface area contributed by atoms with Gasteiger partial charge in [0.2, 0.25) is 0 Å². The molecule has 0 spiro atoms. The number of nitrogens with one attached hydrogen (secondary N) is 2. The number of piperazine rings is 1. The number of piperidine rings is 2. The van der Waals surface area contributed by atoms with E-state index in [1.54, 1.807) is 12.1 Å². The summed E-state index contributed by atoms with van der Waals surface area (Å²) >= 11 is 0. The number of phenols is 1. The minimum atomic E-state index is 0.0406. The summed E-state index contributed by atoms with van der Waals surface area (Å²) in [6.45, 7) is 3.73. The highest BCUT2D eigenvalue weighted by Crippen LogP contribution is 2.22. The van der Waals surface area contributed by atoms with Crippen molar-refractivity contribution >= 4 is 6.03 Å². The largest absolute Gasteiger partial charge is 0.508 e. The SMILES string of the molecule is CC(Cc1cccc(O)c1)NC(=O)N1CC2CCC1CN2. The summed E-state index contributed by atoms with van der Waals surface area (Å²) in [4.78, 5) is 14.4. The molecule has 1 aromatic carbocycles. The Bertz CT molecular complexity index is 512. The second-order valence-corrected chi connectivity index (χ2v) is 6.21. The Morgan fingerprint density at radius 1 is 1.52 bits per heavy atom. The number of benzene rings is 1. The topological polar surface area (TPSA) is 64.6 Å². The maximum atomic E-state index is 12.4. The molecule has 114 valence electrons. The molecule has 2 amide bonds. The first-order chi connectivity index (χ1) is 10.1. The van der Waals surface area contributed by atoms with Gasteiger partial charge in [-0.25, -0.2) is 4.79 Å². The Morgan fingerprint density at radius 3 is 3.00 bits per heavy atom. The van der Waals surface area contributed by atoms with E-state index in [-0.39, 0.29) is 17.8 Å². The lowest BCUT2D eigenvalue weighted by Crippen LogP contribution is -2.64. The Hall–Kier alpha value is -1.75. The van der Waals surface area contributed by atoms with Crippen LogP contribution in [-0.2, 0) is 6.42 Å². The van der Waals surface area contributed by atoms with Gasteiger partial charge in [0.15, 0.2) is 0 Å². The fraction of sp³-hybridized carbons (Fsp3) is 0.562. The summed E-state index contributed by atoms with van der Waals surface area (Å²) in [5.74, 6) is 0.269. The van der Waals surface area contributed by atoms with Crippen LogP contribution in [0.2, 0.25) is 0 Å². The van der Waals surface area contributed by atoms with E-state index < -0.39 is 0 Å². The maximum Gasteiger partial charge on any atom is 0.317 e. The molecular weight excluding hydrogens is 266 g/mol. The van der Waals surface area contributed by atoms with E-state index in [2.05, 4.69) is 10.6 Å². The molecule has 4 rings (SSSR count). The highest BCUT2D eigenvalue weighted by atomic mass is 16.3. The average Bonchev–Trinajstić information content (AvgIpc) is 2.48. The van der Waals surface area contributed by atoms with Gasteiger partial charge in [-0.1, -0.05) is 12.1 Å². The number of rotatable bonds is 3. The molecule has 2 bridgehead atoms. The lowest BCUT2D eigenvalue weighted by Gasteiger charge is -2.46. The Morgan fingerprint density at radius 2 is 2.38 bits per heavy atom. The molecule has 3 unspecified atom stereocenters. The van der Waals surface area contributed by atoms with Crippen molar-refractivity contribution in [2.45, 2.75) is 44.3 Å². The van der Waals surface area contributed by atoms with Gasteiger partial charge in [-0.2, -0.15) is 0 Å². The summed E-state index contributed by atoms with van der Waals surface area (Å²) in [6, 6.07) is 8.08. The lowest BCUT2D eigenvalue weighted by molar-refractivity contribution is 0.0963. The van der Waals surface area contributed by atoms with Crippen molar-refractivity contribution in [2.24, 2.45) is 0 Å². The van der Waals surface area contributed by atoms with Crippen molar-refractivity contribution in [3.05, 3.63) is 29.8 Å². The lowest BCUT2D eigenvalue weighted by atomic mass is 9.93. The van der Waals surface area contributed by atoms with Gasteiger partial charge in [0.25, 0.3) is 0 Å². The minimum absolute atomic E-state index is 0.0406. The van der Waals surface area contributed by atoms with Crippen LogP contribution in [0.4, 0.5) is 4.79 Å². The number of carbonyl (C=O) groups is 1. The third-order valence-corrected chi connectivity index (χ3v) is 4.43. The molecular formula is C16H23N3O2. The molecule has 5 heteroatoms. The second kappa shape index (κ2) is 5.93. The zero-order valence-corrected chi connectivity index (χ0v) is 12.4. The highest BCUT2D eigenvalue weighted by molar-refractivity contribution is 5.75. The van der Waals surface area contributed by atoms with Crippen molar-refractivity contribution < 1.29 is 9.90 Å². The molecule has 0 radical (unpaired) electrons. The number of phenolic OH excluding ortho intramolecular Hbond substituents is 1. The van der Waals surface area contributed by atoms with Crippen LogP contribution in [0.3, 0.4) is 0 Å². The van der Waals surface area contributed by atoms with Gasteiger partial charge < -0.3 is 20.6 Å². The van der Waals surface area contributed by atoms with Crippen molar-refractivity contribution in [2.75, 3.05) is 13.1 Å². The first-order valence-electron chi connectivity index (χ1n) is 7.70. The van der Waals surface area contributed by atoms with E-state index in [1.165, 1.54) is 6.42 Å². The predicted octanol–water partition coefficient (Wildman–Crippen LogP) is 1.47. The zero-order chi connectivity index (χ0) is 14.8. The molecule has 5 nitrogen and oxygen atoms in total. The molecule has 3 saturated heterocycles. The fourth-order valence-corrected chi connectivity index (χ4v) is 3.34. The monoisotopic (exact) mass is 289 g/mol. The van der Waals surface area contributed by atoms with Crippen LogP contribution in [-0.4, -0.2) is 47.3 Å². The zero-order valence-electron chi connectivity index (χ0n) is 12.4. The molecule has 21 heavy (non-hydrogen) atoms. The summed E-state index contributed by atoms with van der Waals surface area (Å²) in [5, 5.41) is 16.0. The van der Waals surface area contributed by atoms with Gasteiger partial charge in [-0.15, -0.1) is 0 Å². The van der Waals surface area contributed by atoms with E-state index in [1.807, 2.05) is 24.0 Å². The number of amides is 2. The third-order valence-electron chi connectivity index (χ3n) is 4.43. The first-order valence-corrected chi connectivity index (χ1v) is 7.70. The van der Waals surface area contributed by atoms with Crippen LogP contribution in [0.15, 0.2) is 24.3 Å². The van der Waals surface area contributed by atoms with Gasteiger partial charge in [0.1, 0.15) is 5.75 Å². The van der Waals surface area contributed by atoms with Crippen molar-refractivity contribution in [1.29, 1.82) is 0 Å². The molecule has 3 N–H and O–H groups in total. The van der Waals surface area contributed by atoms with Gasteiger partial charge in [-0.05, 0) is 43.9 Å². The van der Waals surface area contributed by atoms with Gasteiger partial charge in [-0.3, -0.25) is 0 Å². The second-order valence-electron chi connectivity index (χ2n) is 6.21. The number of urea groups is 1. The van der Waals surface area contributed by atoms with Crippen molar-refractivity contribution in [3.8, 4) is 5.75 Å². The number of fused-ring (bicyclic) bond motifs is 3. The molecule has 0 saturated carbocycles. The van der Waals surface area contributed by atoms with E-state index in [0.29, 0.717) is 12.1 Å². The Balaban J connectivity index is 1.55. The normalized spacial score (nSPS) is 25.7. The number of hydrogen-bond acceptors (Lipinski definition) is 3. The molecule has 3 fully saturated rings. The smallest absolute Gasteiger partial charge is 0.317 e. The van der Waals surface area contributed by atoms with Gasteiger partial charge in [0, 0.05) is 31.2 Å². The number of nitrogens with zero attached hydrogens (tertiary/aromatic N) is 1. The Kier molecular flexibility index (Phi) is 4.01. The van der Waals surface area contributed by atoms with Crippen LogP contribution in [0.5, 0.6) is 5.75 Å². The van der Waals surface area contributed by atoms with E-state index in [4.69, 9.17) is 0 Å². The molecule has 0 aromatic heterocycles. The predicted molar refractivity (Wildman–Crippen MR) is 81.3 cm³/mol.